The Balaban J connectivity index is 1.98. The number of carbonyl (C=O) groups excluding carboxylic acids is 1. The molecule has 6 nitrogen and oxygen atoms in total. The lowest BCUT2D eigenvalue weighted by Crippen LogP contribution is -2.39. The average Bonchev–Trinajstić information content (AvgIpc) is 3.24. The lowest BCUT2D eigenvalue weighted by molar-refractivity contribution is 0.0936. The first kappa shape index (κ1) is 16.9. The van der Waals surface area contributed by atoms with Crippen LogP contribution in [0.15, 0.2) is 12.3 Å². The molecule has 2 heterocycles. The van der Waals surface area contributed by atoms with Crippen LogP contribution < -0.4 is 5.32 Å². The van der Waals surface area contributed by atoms with E-state index >= 15 is 0 Å². The van der Waals surface area contributed by atoms with Crippen LogP contribution in [0.1, 0.15) is 61.6 Å². The first-order valence-corrected chi connectivity index (χ1v) is 8.70. The highest BCUT2D eigenvalue weighted by molar-refractivity contribution is 6.05. The Labute approximate surface area is 143 Å². The SMILES string of the molecule is CC(CN(C)C)NC(=O)c1cc(C2CC2)nc2c1cnn2C(C)C. The molecular weight excluding hydrogens is 302 g/mol. The van der Waals surface area contributed by atoms with E-state index in [1.807, 2.05) is 31.8 Å². The lowest BCUT2D eigenvalue weighted by Gasteiger charge is -2.18. The van der Waals surface area contributed by atoms with Gasteiger partial charge in [-0.2, -0.15) is 5.10 Å². The summed E-state index contributed by atoms with van der Waals surface area (Å²) in [5.41, 5.74) is 2.54. The quantitative estimate of drug-likeness (QED) is 0.885. The number of carbonyl (C=O) groups is 1. The van der Waals surface area contributed by atoms with E-state index in [0.29, 0.717) is 11.5 Å². The van der Waals surface area contributed by atoms with E-state index in [0.717, 1.165) is 36.1 Å². The molecule has 0 aromatic carbocycles. The van der Waals surface area contributed by atoms with Crippen molar-refractivity contribution < 1.29 is 4.79 Å². The van der Waals surface area contributed by atoms with Crippen molar-refractivity contribution in [1.82, 2.24) is 25.0 Å². The van der Waals surface area contributed by atoms with Crippen LogP contribution in [-0.4, -0.2) is 52.3 Å². The second-order valence-electron chi connectivity index (χ2n) is 7.43. The minimum absolute atomic E-state index is 0.0399. The molecular formula is C18H27N5O. The fraction of sp³-hybridized carbons (Fsp3) is 0.611. The maximum absolute atomic E-state index is 12.8. The molecule has 1 amide bonds. The number of amides is 1. The summed E-state index contributed by atoms with van der Waals surface area (Å²) in [5, 5.41) is 8.39. The minimum atomic E-state index is -0.0399. The smallest absolute Gasteiger partial charge is 0.252 e. The van der Waals surface area contributed by atoms with Gasteiger partial charge in [0.25, 0.3) is 5.91 Å². The molecule has 1 fully saturated rings. The number of fused-ring (bicyclic) bond motifs is 1. The van der Waals surface area contributed by atoms with E-state index in [4.69, 9.17) is 4.98 Å². The van der Waals surface area contributed by atoms with Crippen LogP contribution in [0.5, 0.6) is 0 Å². The maximum Gasteiger partial charge on any atom is 0.252 e. The van der Waals surface area contributed by atoms with Crippen molar-refractivity contribution in [2.24, 2.45) is 0 Å². The highest BCUT2D eigenvalue weighted by Crippen LogP contribution is 2.40. The molecule has 0 radical (unpaired) electrons. The molecule has 1 aliphatic rings. The number of nitrogens with one attached hydrogen (secondary N) is 1. The number of aromatic nitrogens is 3. The number of pyridine rings is 1. The van der Waals surface area contributed by atoms with Gasteiger partial charge in [-0.25, -0.2) is 9.67 Å². The van der Waals surface area contributed by atoms with Gasteiger partial charge in [0.05, 0.1) is 17.1 Å². The van der Waals surface area contributed by atoms with Crippen LogP contribution in [0.2, 0.25) is 0 Å². The standard InChI is InChI=1S/C18H27N5O/c1-11(2)23-17-15(9-19-23)14(8-16(21-17)13-6-7-13)18(24)20-12(3)10-22(4)5/h8-9,11-13H,6-7,10H2,1-5H3,(H,20,24). The van der Waals surface area contributed by atoms with Crippen molar-refractivity contribution in [3.8, 4) is 0 Å². The first-order chi connectivity index (χ1) is 11.4. The third-order valence-electron chi connectivity index (χ3n) is 4.33. The van der Waals surface area contributed by atoms with Gasteiger partial charge in [-0.05, 0) is 53.8 Å². The van der Waals surface area contributed by atoms with Crippen molar-refractivity contribution in [2.75, 3.05) is 20.6 Å². The molecule has 1 N–H and O–H groups in total. The molecule has 3 rings (SSSR count). The minimum Gasteiger partial charge on any atom is -0.348 e. The number of nitrogens with zero attached hydrogens (tertiary/aromatic N) is 4. The van der Waals surface area contributed by atoms with E-state index in [9.17, 15) is 4.79 Å². The molecule has 1 unspecified atom stereocenters. The zero-order valence-corrected chi connectivity index (χ0v) is 15.2. The molecule has 0 saturated heterocycles. The summed E-state index contributed by atoms with van der Waals surface area (Å²) < 4.78 is 1.90. The zero-order valence-electron chi connectivity index (χ0n) is 15.2. The Bertz CT molecular complexity index is 745. The summed E-state index contributed by atoms with van der Waals surface area (Å²) in [4.78, 5) is 19.7. The van der Waals surface area contributed by atoms with E-state index < -0.39 is 0 Å². The molecule has 1 atom stereocenters. The highest BCUT2D eigenvalue weighted by Gasteiger charge is 2.28. The highest BCUT2D eigenvalue weighted by atomic mass is 16.1. The van der Waals surface area contributed by atoms with Crippen LogP contribution in [0.25, 0.3) is 11.0 Å². The third kappa shape index (κ3) is 3.43. The molecule has 2 aromatic heterocycles. The summed E-state index contributed by atoms with van der Waals surface area (Å²) in [5.74, 6) is 0.456. The Morgan fingerprint density at radius 1 is 1.38 bits per heavy atom. The van der Waals surface area contributed by atoms with Gasteiger partial charge in [-0.15, -0.1) is 0 Å². The van der Waals surface area contributed by atoms with E-state index in [-0.39, 0.29) is 18.0 Å². The van der Waals surface area contributed by atoms with Crippen molar-refractivity contribution >= 4 is 16.9 Å². The van der Waals surface area contributed by atoms with Crippen LogP contribution in [0, 0.1) is 0 Å². The molecule has 2 aromatic rings. The normalized spacial score (nSPS) is 16.1. The Kier molecular flexibility index (Phi) is 4.58. The van der Waals surface area contributed by atoms with Gasteiger partial charge in [0.1, 0.15) is 0 Å². The maximum atomic E-state index is 12.8. The van der Waals surface area contributed by atoms with Crippen molar-refractivity contribution in [3.63, 3.8) is 0 Å². The number of hydrogen-bond acceptors (Lipinski definition) is 4. The van der Waals surface area contributed by atoms with Crippen LogP contribution in [0.3, 0.4) is 0 Å². The van der Waals surface area contributed by atoms with E-state index in [1.165, 1.54) is 0 Å². The number of rotatable bonds is 6. The molecule has 6 heteroatoms. The summed E-state index contributed by atoms with van der Waals surface area (Å²) in [6.07, 6.45) is 4.09. The summed E-state index contributed by atoms with van der Waals surface area (Å²) in [6, 6.07) is 2.26. The van der Waals surface area contributed by atoms with Crippen LogP contribution in [0.4, 0.5) is 0 Å². The Hall–Kier alpha value is -1.95. The topological polar surface area (TPSA) is 63.1 Å². The fourth-order valence-corrected chi connectivity index (χ4v) is 3.09. The van der Waals surface area contributed by atoms with Crippen molar-refractivity contribution in [1.29, 1.82) is 0 Å². The molecule has 24 heavy (non-hydrogen) atoms. The first-order valence-electron chi connectivity index (χ1n) is 8.70. The van der Waals surface area contributed by atoms with E-state index in [2.05, 4.69) is 29.2 Å². The van der Waals surface area contributed by atoms with Crippen LogP contribution in [-0.2, 0) is 0 Å². The summed E-state index contributed by atoms with van der Waals surface area (Å²) in [7, 11) is 4.01. The predicted molar refractivity (Wildman–Crippen MR) is 95.4 cm³/mol. The van der Waals surface area contributed by atoms with Gasteiger partial charge in [0, 0.05) is 30.2 Å². The van der Waals surface area contributed by atoms with Crippen LogP contribution >= 0.6 is 0 Å². The van der Waals surface area contributed by atoms with Gasteiger partial charge in [0.15, 0.2) is 5.65 Å². The molecule has 130 valence electrons. The van der Waals surface area contributed by atoms with Gasteiger partial charge in [-0.3, -0.25) is 4.79 Å². The van der Waals surface area contributed by atoms with Crippen molar-refractivity contribution in [3.05, 3.63) is 23.5 Å². The van der Waals surface area contributed by atoms with Gasteiger partial charge >= 0.3 is 0 Å². The Morgan fingerprint density at radius 2 is 2.08 bits per heavy atom. The zero-order chi connectivity index (χ0) is 17.4. The molecule has 1 aliphatic carbocycles. The predicted octanol–water partition coefficient (Wildman–Crippen LogP) is 2.57. The molecule has 0 bridgehead atoms. The largest absolute Gasteiger partial charge is 0.348 e. The van der Waals surface area contributed by atoms with Gasteiger partial charge in [0.2, 0.25) is 0 Å². The van der Waals surface area contributed by atoms with Crippen molar-refractivity contribution in [2.45, 2.75) is 51.6 Å². The number of likely N-dealkylation sites (N-methyl/N-ethyl adjacent to an activating group) is 1. The average molecular weight is 329 g/mol. The molecule has 1 saturated carbocycles. The molecule has 0 aliphatic heterocycles. The second-order valence-corrected chi connectivity index (χ2v) is 7.43. The monoisotopic (exact) mass is 329 g/mol. The fourth-order valence-electron chi connectivity index (χ4n) is 3.09. The second kappa shape index (κ2) is 6.51. The van der Waals surface area contributed by atoms with E-state index in [1.54, 1.807) is 6.20 Å². The lowest BCUT2D eigenvalue weighted by atomic mass is 10.1. The third-order valence-corrected chi connectivity index (χ3v) is 4.33. The summed E-state index contributed by atoms with van der Waals surface area (Å²) in [6.45, 7) is 6.99. The number of hydrogen-bond donors (Lipinski definition) is 1. The summed E-state index contributed by atoms with van der Waals surface area (Å²) >= 11 is 0. The molecule has 0 spiro atoms. The van der Waals surface area contributed by atoms with Gasteiger partial charge in [-0.1, -0.05) is 0 Å². The Morgan fingerprint density at radius 3 is 2.67 bits per heavy atom. The van der Waals surface area contributed by atoms with Gasteiger partial charge < -0.3 is 10.2 Å².